The Morgan fingerprint density at radius 2 is 2.00 bits per heavy atom. The highest BCUT2D eigenvalue weighted by Crippen LogP contribution is 2.22. The number of amides is 3. The molecule has 0 aliphatic carbocycles. The van der Waals surface area contributed by atoms with E-state index < -0.39 is 0 Å². The Morgan fingerprint density at radius 1 is 1.25 bits per heavy atom. The van der Waals surface area contributed by atoms with E-state index in [2.05, 4.69) is 5.32 Å². The van der Waals surface area contributed by atoms with Gasteiger partial charge in [0.2, 0.25) is 5.91 Å². The summed E-state index contributed by atoms with van der Waals surface area (Å²) in [5, 5.41) is 11.3. The van der Waals surface area contributed by atoms with E-state index >= 15 is 0 Å². The highest BCUT2D eigenvalue weighted by Gasteiger charge is 2.30. The van der Waals surface area contributed by atoms with Gasteiger partial charge in [-0.3, -0.25) is 9.69 Å². The number of anilines is 1. The van der Waals surface area contributed by atoms with Gasteiger partial charge in [-0.05, 0) is 24.3 Å². The van der Waals surface area contributed by atoms with Crippen LogP contribution in [0.15, 0.2) is 24.3 Å². The van der Waals surface area contributed by atoms with Crippen molar-refractivity contribution in [3.63, 3.8) is 0 Å². The molecule has 1 aliphatic rings. The van der Waals surface area contributed by atoms with Gasteiger partial charge in [-0.15, -0.1) is 0 Å². The molecule has 8 heteroatoms. The number of urea groups is 1. The first-order valence-electron chi connectivity index (χ1n) is 7.81. The molecule has 1 fully saturated rings. The second-order valence-electron chi connectivity index (χ2n) is 5.24. The van der Waals surface area contributed by atoms with Crippen LogP contribution in [-0.2, 0) is 9.53 Å². The average molecular weight is 337 g/mol. The second-order valence-corrected chi connectivity index (χ2v) is 5.24. The molecule has 1 aromatic rings. The topological polar surface area (TPSA) is 91.3 Å². The first kappa shape index (κ1) is 18.0. The molecule has 8 nitrogen and oxygen atoms in total. The van der Waals surface area contributed by atoms with E-state index in [-0.39, 0.29) is 31.7 Å². The van der Waals surface area contributed by atoms with Crippen LogP contribution >= 0.6 is 0 Å². The maximum absolute atomic E-state index is 12.4. The van der Waals surface area contributed by atoms with Crippen molar-refractivity contribution in [3.8, 4) is 5.75 Å². The number of methoxy groups -OCH3 is 1. The van der Waals surface area contributed by atoms with Crippen molar-refractivity contribution < 1.29 is 24.2 Å². The minimum Gasteiger partial charge on any atom is -0.497 e. The fraction of sp³-hybridized carbons (Fsp3) is 0.500. The van der Waals surface area contributed by atoms with Crippen LogP contribution in [0.3, 0.4) is 0 Å². The van der Waals surface area contributed by atoms with Crippen molar-refractivity contribution in [1.29, 1.82) is 0 Å². The number of hydrogen-bond acceptors (Lipinski definition) is 5. The number of carbonyl (C=O) groups is 2. The Balaban J connectivity index is 1.79. The van der Waals surface area contributed by atoms with Crippen LogP contribution in [0.5, 0.6) is 5.75 Å². The minimum atomic E-state index is -0.229. The summed E-state index contributed by atoms with van der Waals surface area (Å²) in [6, 6.07) is 7.04. The van der Waals surface area contributed by atoms with Gasteiger partial charge in [-0.1, -0.05) is 0 Å². The number of rotatable bonds is 9. The summed E-state index contributed by atoms with van der Waals surface area (Å²) in [6.07, 6.45) is 0. The highest BCUT2D eigenvalue weighted by molar-refractivity contribution is 5.96. The van der Waals surface area contributed by atoms with Gasteiger partial charge in [0.05, 0.1) is 26.9 Å². The summed E-state index contributed by atoms with van der Waals surface area (Å²) in [5.74, 6) is 0.498. The third kappa shape index (κ3) is 4.84. The Kier molecular flexibility index (Phi) is 6.83. The lowest BCUT2D eigenvalue weighted by Gasteiger charge is -2.18. The summed E-state index contributed by atoms with van der Waals surface area (Å²) < 4.78 is 10.2. The molecule has 0 atom stereocenters. The second kappa shape index (κ2) is 9.09. The van der Waals surface area contributed by atoms with E-state index in [4.69, 9.17) is 14.6 Å². The standard InChI is InChI=1S/C16H23N3O5/c1-23-14-4-2-13(3-5-14)19-8-7-18(16(19)22)12-15(21)17-6-10-24-11-9-20/h2-5,20H,6-12H2,1H3,(H,17,21). The van der Waals surface area contributed by atoms with Gasteiger partial charge in [0.15, 0.2) is 0 Å². The predicted molar refractivity (Wildman–Crippen MR) is 88.2 cm³/mol. The quantitative estimate of drug-likeness (QED) is 0.622. The van der Waals surface area contributed by atoms with Crippen LogP contribution in [-0.4, -0.2) is 75.1 Å². The fourth-order valence-corrected chi connectivity index (χ4v) is 2.39. The number of nitrogens with one attached hydrogen (secondary N) is 1. The van der Waals surface area contributed by atoms with Crippen molar-refractivity contribution in [2.24, 2.45) is 0 Å². The number of carbonyl (C=O) groups excluding carboxylic acids is 2. The van der Waals surface area contributed by atoms with Gasteiger partial charge in [-0.25, -0.2) is 4.79 Å². The number of aliphatic hydroxyl groups is 1. The van der Waals surface area contributed by atoms with E-state index in [0.29, 0.717) is 26.2 Å². The zero-order chi connectivity index (χ0) is 17.4. The monoisotopic (exact) mass is 337 g/mol. The lowest BCUT2D eigenvalue weighted by atomic mass is 10.3. The summed E-state index contributed by atoms with van der Waals surface area (Å²) in [5.41, 5.74) is 0.779. The summed E-state index contributed by atoms with van der Waals surface area (Å²) in [7, 11) is 1.59. The minimum absolute atomic E-state index is 0.0193. The molecule has 1 heterocycles. The summed E-state index contributed by atoms with van der Waals surface area (Å²) in [6.45, 7) is 1.94. The van der Waals surface area contributed by atoms with Crippen LogP contribution in [0.25, 0.3) is 0 Å². The lowest BCUT2D eigenvalue weighted by Crippen LogP contribution is -2.40. The number of hydrogen-bond donors (Lipinski definition) is 2. The Morgan fingerprint density at radius 3 is 2.67 bits per heavy atom. The predicted octanol–water partition coefficient (Wildman–Crippen LogP) is 0.0623. The molecule has 1 saturated heterocycles. The smallest absolute Gasteiger partial charge is 0.325 e. The molecule has 1 aliphatic heterocycles. The first-order chi connectivity index (χ1) is 11.7. The summed E-state index contributed by atoms with van der Waals surface area (Å²) in [4.78, 5) is 27.4. The molecular formula is C16H23N3O5. The van der Waals surface area contributed by atoms with Crippen LogP contribution < -0.4 is 15.0 Å². The molecular weight excluding hydrogens is 314 g/mol. The van der Waals surface area contributed by atoms with Crippen LogP contribution in [0.1, 0.15) is 0 Å². The van der Waals surface area contributed by atoms with E-state index in [1.807, 2.05) is 12.1 Å². The molecule has 0 aromatic heterocycles. The molecule has 0 bridgehead atoms. The molecule has 0 unspecified atom stereocenters. The molecule has 3 amide bonds. The largest absolute Gasteiger partial charge is 0.497 e. The zero-order valence-corrected chi connectivity index (χ0v) is 13.7. The van der Waals surface area contributed by atoms with Gasteiger partial charge in [0.1, 0.15) is 12.3 Å². The van der Waals surface area contributed by atoms with Crippen molar-refractivity contribution in [2.45, 2.75) is 0 Å². The van der Waals surface area contributed by atoms with Gasteiger partial charge in [-0.2, -0.15) is 0 Å². The van der Waals surface area contributed by atoms with Gasteiger partial charge in [0.25, 0.3) is 0 Å². The normalized spacial score (nSPS) is 14.2. The molecule has 0 radical (unpaired) electrons. The van der Waals surface area contributed by atoms with Crippen molar-refractivity contribution in [2.75, 3.05) is 58.0 Å². The third-order valence-electron chi connectivity index (χ3n) is 3.62. The lowest BCUT2D eigenvalue weighted by molar-refractivity contribution is -0.121. The Hall–Kier alpha value is -2.32. The SMILES string of the molecule is COc1ccc(N2CCN(CC(=O)NCCOCCO)C2=O)cc1. The fourth-order valence-electron chi connectivity index (χ4n) is 2.39. The van der Waals surface area contributed by atoms with E-state index in [1.165, 1.54) is 4.90 Å². The van der Waals surface area contributed by atoms with E-state index in [9.17, 15) is 9.59 Å². The number of aliphatic hydroxyl groups excluding tert-OH is 1. The maximum atomic E-state index is 12.4. The third-order valence-corrected chi connectivity index (χ3v) is 3.62. The van der Waals surface area contributed by atoms with Crippen molar-refractivity contribution in [3.05, 3.63) is 24.3 Å². The molecule has 0 spiro atoms. The Bertz CT molecular complexity index is 549. The van der Waals surface area contributed by atoms with Gasteiger partial charge in [0, 0.05) is 25.3 Å². The molecule has 24 heavy (non-hydrogen) atoms. The van der Waals surface area contributed by atoms with Crippen LogP contribution in [0.2, 0.25) is 0 Å². The van der Waals surface area contributed by atoms with Gasteiger partial charge < -0.3 is 24.8 Å². The van der Waals surface area contributed by atoms with Crippen LogP contribution in [0, 0.1) is 0 Å². The highest BCUT2D eigenvalue weighted by atomic mass is 16.5. The molecule has 132 valence electrons. The van der Waals surface area contributed by atoms with Crippen molar-refractivity contribution in [1.82, 2.24) is 10.2 Å². The zero-order valence-electron chi connectivity index (χ0n) is 13.7. The van der Waals surface area contributed by atoms with E-state index in [1.54, 1.807) is 24.1 Å². The van der Waals surface area contributed by atoms with Gasteiger partial charge >= 0.3 is 6.03 Å². The maximum Gasteiger partial charge on any atom is 0.325 e. The van der Waals surface area contributed by atoms with Crippen LogP contribution in [0.4, 0.5) is 10.5 Å². The number of nitrogens with zero attached hydrogens (tertiary/aromatic N) is 2. The number of benzene rings is 1. The first-order valence-corrected chi connectivity index (χ1v) is 7.81. The average Bonchev–Trinajstić information content (AvgIpc) is 2.95. The molecule has 0 saturated carbocycles. The molecule has 1 aromatic carbocycles. The van der Waals surface area contributed by atoms with Crippen molar-refractivity contribution >= 4 is 17.6 Å². The van der Waals surface area contributed by atoms with E-state index in [0.717, 1.165) is 11.4 Å². The number of ether oxygens (including phenoxy) is 2. The summed E-state index contributed by atoms with van der Waals surface area (Å²) >= 11 is 0. The molecule has 2 rings (SSSR count). The molecule has 2 N–H and O–H groups in total. The Labute approximate surface area is 140 Å².